The third-order valence-corrected chi connectivity index (χ3v) is 5.64. The summed E-state index contributed by atoms with van der Waals surface area (Å²) in [6.45, 7) is 0.192. The third-order valence-electron chi connectivity index (χ3n) is 4.32. The first-order chi connectivity index (χ1) is 9.71. The number of benzene rings is 1. The largest absolute Gasteiger partial charge is 0.394 e. The zero-order valence-electron chi connectivity index (χ0n) is 11.6. The van der Waals surface area contributed by atoms with Gasteiger partial charge in [0.25, 0.3) is 0 Å². The number of hydrogen-bond donors (Lipinski definition) is 2. The summed E-state index contributed by atoms with van der Waals surface area (Å²) >= 11 is 1.63. The highest BCUT2D eigenvalue weighted by atomic mass is 32.2. The van der Waals surface area contributed by atoms with Crippen molar-refractivity contribution in [3.8, 4) is 0 Å². The Kier molecular flexibility index (Phi) is 4.34. The Bertz CT molecular complexity index is 466. The van der Waals surface area contributed by atoms with Gasteiger partial charge in [0, 0.05) is 21.7 Å². The molecule has 0 amide bonds. The lowest BCUT2D eigenvalue weighted by atomic mass is 9.82. The van der Waals surface area contributed by atoms with Crippen LogP contribution in [0.4, 0.5) is 4.39 Å². The van der Waals surface area contributed by atoms with E-state index in [1.54, 1.807) is 17.8 Å². The van der Waals surface area contributed by atoms with E-state index in [0.29, 0.717) is 11.3 Å². The van der Waals surface area contributed by atoms with E-state index < -0.39 is 0 Å². The third kappa shape index (κ3) is 3.35. The van der Waals surface area contributed by atoms with Crippen LogP contribution in [0, 0.1) is 5.82 Å². The van der Waals surface area contributed by atoms with Crippen LogP contribution >= 0.6 is 11.8 Å². The molecule has 2 aliphatic rings. The quantitative estimate of drug-likeness (QED) is 0.874. The molecule has 2 saturated carbocycles. The second-order valence-electron chi connectivity index (χ2n) is 6.12. The molecule has 0 spiro atoms. The van der Waals surface area contributed by atoms with Gasteiger partial charge in [0.05, 0.1) is 6.61 Å². The van der Waals surface area contributed by atoms with Crippen LogP contribution in [0.5, 0.6) is 0 Å². The molecule has 2 aliphatic carbocycles. The molecule has 2 N–H and O–H groups in total. The first-order valence-corrected chi connectivity index (χ1v) is 8.38. The fourth-order valence-corrected chi connectivity index (χ4v) is 4.49. The highest BCUT2D eigenvalue weighted by molar-refractivity contribution is 8.00. The maximum atomic E-state index is 13.8. The second-order valence-corrected chi connectivity index (χ2v) is 7.47. The van der Waals surface area contributed by atoms with E-state index in [2.05, 4.69) is 5.32 Å². The fourth-order valence-electron chi connectivity index (χ4n) is 3.11. The number of nitrogens with one attached hydrogen (secondary N) is 1. The van der Waals surface area contributed by atoms with Crippen LogP contribution in [0.15, 0.2) is 29.2 Å². The van der Waals surface area contributed by atoms with Gasteiger partial charge in [0.2, 0.25) is 0 Å². The van der Waals surface area contributed by atoms with Crippen molar-refractivity contribution in [3.63, 3.8) is 0 Å². The average molecular weight is 295 g/mol. The minimum absolute atomic E-state index is 0.132. The number of aliphatic hydroxyl groups is 1. The van der Waals surface area contributed by atoms with Gasteiger partial charge in [0.1, 0.15) is 5.82 Å². The molecule has 0 heterocycles. The van der Waals surface area contributed by atoms with Crippen LogP contribution in [0.25, 0.3) is 0 Å². The Morgan fingerprint density at radius 2 is 2.10 bits per heavy atom. The zero-order chi connectivity index (χ0) is 14.0. The molecule has 0 aliphatic heterocycles. The molecule has 2 nitrogen and oxygen atoms in total. The molecule has 3 rings (SSSR count). The molecule has 0 radical (unpaired) electrons. The van der Waals surface area contributed by atoms with Crippen molar-refractivity contribution in [2.24, 2.45) is 0 Å². The molecular weight excluding hydrogens is 273 g/mol. The molecule has 1 aromatic carbocycles. The first-order valence-electron chi connectivity index (χ1n) is 7.50. The minimum Gasteiger partial charge on any atom is -0.394 e. The summed E-state index contributed by atoms with van der Waals surface area (Å²) in [5.74, 6) is -0.132. The van der Waals surface area contributed by atoms with Gasteiger partial charge < -0.3 is 10.4 Å². The van der Waals surface area contributed by atoms with Crippen LogP contribution in [0.3, 0.4) is 0 Å². The molecule has 2 fully saturated rings. The van der Waals surface area contributed by atoms with Crippen LogP contribution < -0.4 is 5.32 Å². The van der Waals surface area contributed by atoms with Crippen molar-refractivity contribution in [3.05, 3.63) is 30.1 Å². The molecule has 110 valence electrons. The van der Waals surface area contributed by atoms with Crippen LogP contribution in [-0.2, 0) is 0 Å². The fraction of sp³-hybridized carbons (Fsp3) is 0.625. The summed E-state index contributed by atoms with van der Waals surface area (Å²) in [4.78, 5) is 0.734. The van der Waals surface area contributed by atoms with Gasteiger partial charge in [-0.1, -0.05) is 18.6 Å². The smallest absolute Gasteiger partial charge is 0.136 e. The van der Waals surface area contributed by atoms with Gasteiger partial charge in [0.15, 0.2) is 0 Å². The summed E-state index contributed by atoms with van der Waals surface area (Å²) in [5, 5.41) is 13.8. The first kappa shape index (κ1) is 14.4. The number of halogens is 1. The Morgan fingerprint density at radius 3 is 2.80 bits per heavy atom. The SMILES string of the molecule is OCC1(NC2CC2)CCCC(Sc2ccccc2F)C1. The minimum atomic E-state index is -0.137. The summed E-state index contributed by atoms with van der Waals surface area (Å²) in [5.41, 5.74) is -0.137. The van der Waals surface area contributed by atoms with Gasteiger partial charge in [-0.05, 0) is 44.2 Å². The van der Waals surface area contributed by atoms with Crippen molar-refractivity contribution >= 4 is 11.8 Å². The number of thioether (sulfide) groups is 1. The van der Waals surface area contributed by atoms with Crippen molar-refractivity contribution in [1.82, 2.24) is 5.32 Å². The Morgan fingerprint density at radius 1 is 1.30 bits per heavy atom. The summed E-state index contributed by atoms with van der Waals surface area (Å²) in [6.07, 6.45) is 6.63. The van der Waals surface area contributed by atoms with E-state index in [0.717, 1.165) is 30.6 Å². The van der Waals surface area contributed by atoms with Crippen LogP contribution in [0.1, 0.15) is 38.5 Å². The van der Waals surface area contributed by atoms with Crippen LogP contribution in [-0.4, -0.2) is 28.5 Å². The molecule has 0 bridgehead atoms. The molecular formula is C16H22FNOS. The van der Waals surface area contributed by atoms with Crippen molar-refractivity contribution in [2.45, 2.75) is 60.3 Å². The standard InChI is InChI=1S/C16H22FNOS/c17-14-5-1-2-6-15(14)20-13-4-3-9-16(10-13,11-19)18-12-7-8-12/h1-2,5-6,12-13,18-19H,3-4,7-11H2. The summed E-state index contributed by atoms with van der Waals surface area (Å²) < 4.78 is 13.8. The molecule has 2 unspecified atom stereocenters. The highest BCUT2D eigenvalue weighted by Crippen LogP contribution is 2.40. The predicted molar refractivity (Wildman–Crippen MR) is 80.5 cm³/mol. The number of hydrogen-bond acceptors (Lipinski definition) is 3. The predicted octanol–water partition coefficient (Wildman–Crippen LogP) is 3.34. The van der Waals surface area contributed by atoms with E-state index in [1.165, 1.54) is 18.9 Å². The number of aliphatic hydroxyl groups excluding tert-OH is 1. The van der Waals surface area contributed by atoms with E-state index in [-0.39, 0.29) is 18.0 Å². The van der Waals surface area contributed by atoms with E-state index >= 15 is 0 Å². The summed E-state index contributed by atoms with van der Waals surface area (Å²) in [6, 6.07) is 7.58. The van der Waals surface area contributed by atoms with E-state index in [9.17, 15) is 9.50 Å². The average Bonchev–Trinajstić information content (AvgIpc) is 3.26. The molecule has 4 heteroatoms. The van der Waals surface area contributed by atoms with Gasteiger partial charge in [-0.2, -0.15) is 0 Å². The zero-order valence-corrected chi connectivity index (χ0v) is 12.5. The Labute approximate surface area is 124 Å². The van der Waals surface area contributed by atoms with Crippen molar-refractivity contribution in [1.29, 1.82) is 0 Å². The van der Waals surface area contributed by atoms with Crippen molar-refractivity contribution < 1.29 is 9.50 Å². The maximum Gasteiger partial charge on any atom is 0.136 e. The molecule has 2 atom stereocenters. The highest BCUT2D eigenvalue weighted by Gasteiger charge is 2.40. The topological polar surface area (TPSA) is 32.3 Å². The van der Waals surface area contributed by atoms with Crippen molar-refractivity contribution in [2.75, 3.05) is 6.61 Å². The Hall–Kier alpha value is -0.580. The Balaban J connectivity index is 1.66. The molecule has 20 heavy (non-hydrogen) atoms. The maximum absolute atomic E-state index is 13.8. The normalized spacial score (nSPS) is 30.4. The van der Waals surface area contributed by atoms with E-state index in [4.69, 9.17) is 0 Å². The van der Waals surface area contributed by atoms with Crippen LogP contribution in [0.2, 0.25) is 0 Å². The lowest BCUT2D eigenvalue weighted by Crippen LogP contribution is -2.53. The van der Waals surface area contributed by atoms with Gasteiger partial charge in [-0.15, -0.1) is 11.8 Å². The summed E-state index contributed by atoms with van der Waals surface area (Å²) in [7, 11) is 0. The second kappa shape index (κ2) is 6.04. The van der Waals surface area contributed by atoms with Gasteiger partial charge in [-0.25, -0.2) is 4.39 Å². The molecule has 1 aromatic rings. The number of rotatable bonds is 5. The van der Waals surface area contributed by atoms with E-state index in [1.807, 2.05) is 12.1 Å². The monoisotopic (exact) mass is 295 g/mol. The van der Waals surface area contributed by atoms with Gasteiger partial charge >= 0.3 is 0 Å². The lowest BCUT2D eigenvalue weighted by molar-refractivity contribution is 0.122. The van der Waals surface area contributed by atoms with Gasteiger partial charge in [-0.3, -0.25) is 0 Å². The lowest BCUT2D eigenvalue weighted by Gasteiger charge is -2.40. The molecule has 0 saturated heterocycles. The molecule has 0 aromatic heterocycles.